The van der Waals surface area contributed by atoms with Gasteiger partial charge in [-0.25, -0.2) is 19.1 Å². The molecule has 3 heterocycles. The molecule has 1 aliphatic rings. The Morgan fingerprint density at radius 1 is 1.36 bits per heavy atom. The molecule has 0 N–H and O–H groups in total. The van der Waals surface area contributed by atoms with E-state index in [9.17, 15) is 18.4 Å². The third-order valence-corrected chi connectivity index (χ3v) is 3.93. The van der Waals surface area contributed by atoms with Crippen molar-refractivity contribution < 1.29 is 27.6 Å². The van der Waals surface area contributed by atoms with E-state index in [-0.39, 0.29) is 24.1 Å². The van der Waals surface area contributed by atoms with Gasteiger partial charge in [0, 0.05) is 7.05 Å². The van der Waals surface area contributed by atoms with Gasteiger partial charge >= 0.3 is 6.09 Å². The minimum absolute atomic E-state index is 0.0352. The molecule has 11 heteroatoms. The van der Waals surface area contributed by atoms with Crippen LogP contribution < -0.4 is 4.90 Å². The summed E-state index contributed by atoms with van der Waals surface area (Å²) in [7, 11) is 1.63. The van der Waals surface area contributed by atoms with Crippen molar-refractivity contribution in [2.24, 2.45) is 7.05 Å². The number of cyclic esters (lactones) is 1. The number of fused-ring (bicyclic) bond motifs is 1. The lowest BCUT2D eigenvalue weighted by atomic mass is 10.1. The van der Waals surface area contributed by atoms with Crippen LogP contribution in [0.5, 0.6) is 0 Å². The van der Waals surface area contributed by atoms with Crippen LogP contribution in [0.15, 0.2) is 16.9 Å². The van der Waals surface area contributed by atoms with Gasteiger partial charge in [0.25, 0.3) is 0 Å². The molecular weight excluding hydrogens is 340 g/mol. The van der Waals surface area contributed by atoms with Crippen molar-refractivity contribution >= 4 is 29.2 Å². The third-order valence-electron chi connectivity index (χ3n) is 3.93. The second-order valence-electron chi connectivity index (χ2n) is 5.30. The molecule has 1 fully saturated rings. The minimum atomic E-state index is -1.36. The molecule has 1 aliphatic heterocycles. The Hall–Kier alpha value is -3.37. The molecule has 9 nitrogen and oxygen atoms in total. The molecule has 1 saturated heterocycles. The fourth-order valence-corrected chi connectivity index (χ4v) is 2.73. The lowest BCUT2D eigenvalue weighted by Gasteiger charge is -2.17. The van der Waals surface area contributed by atoms with E-state index in [0.717, 1.165) is 11.0 Å². The number of halogens is 2. The Kier molecular flexibility index (Phi) is 3.23. The van der Waals surface area contributed by atoms with E-state index >= 15 is 0 Å². The van der Waals surface area contributed by atoms with E-state index in [0.29, 0.717) is 5.82 Å². The van der Waals surface area contributed by atoms with Gasteiger partial charge in [-0.2, -0.15) is 9.49 Å². The maximum atomic E-state index is 14.0. The first-order valence-electron chi connectivity index (χ1n) is 7.05. The first kappa shape index (κ1) is 15.2. The van der Waals surface area contributed by atoms with Crippen molar-refractivity contribution in [1.82, 2.24) is 19.9 Å². The number of anilines is 1. The average molecular weight is 349 g/mol. The topological polar surface area (TPSA) is 103 Å². The molecule has 25 heavy (non-hydrogen) atoms. The molecule has 1 unspecified atom stereocenters. The zero-order chi connectivity index (χ0) is 17.7. The standard InChI is InChI=1S/C14H9F2N5O4/c1-20-13(17-5-18-20)8-4-24-14(23)21(8)12-7-2-6(3-22)9(15)10(16)11(7)25-19-12/h2-3,5,8H,4H2,1H3. The van der Waals surface area contributed by atoms with Gasteiger partial charge in [0.05, 0.1) is 10.9 Å². The van der Waals surface area contributed by atoms with Gasteiger partial charge < -0.3 is 9.26 Å². The van der Waals surface area contributed by atoms with Gasteiger partial charge in [-0.1, -0.05) is 5.16 Å². The minimum Gasteiger partial charge on any atom is -0.446 e. The summed E-state index contributed by atoms with van der Waals surface area (Å²) in [6, 6.07) is 0.368. The highest BCUT2D eigenvalue weighted by Crippen LogP contribution is 2.37. The molecule has 0 aliphatic carbocycles. The fraction of sp³-hybridized carbons (Fsp3) is 0.214. The van der Waals surface area contributed by atoms with Gasteiger partial charge in [0.15, 0.2) is 23.7 Å². The quantitative estimate of drug-likeness (QED) is 0.664. The Labute approximate surface area is 137 Å². The number of nitrogens with zero attached hydrogens (tertiary/aromatic N) is 5. The molecule has 1 atom stereocenters. The molecule has 0 bridgehead atoms. The molecule has 1 aromatic carbocycles. The molecule has 0 spiro atoms. The highest BCUT2D eigenvalue weighted by Gasteiger charge is 2.41. The van der Waals surface area contributed by atoms with Crippen molar-refractivity contribution in [3.63, 3.8) is 0 Å². The summed E-state index contributed by atoms with van der Waals surface area (Å²) in [5.74, 6) is -2.41. The average Bonchev–Trinajstić information content (AvgIpc) is 3.29. The summed E-state index contributed by atoms with van der Waals surface area (Å²) in [5, 5.41) is 7.56. The Morgan fingerprint density at radius 3 is 2.84 bits per heavy atom. The number of hydrogen-bond donors (Lipinski definition) is 0. The molecule has 0 radical (unpaired) electrons. The van der Waals surface area contributed by atoms with Crippen LogP contribution in [0.2, 0.25) is 0 Å². The number of hydrogen-bond acceptors (Lipinski definition) is 7. The second kappa shape index (κ2) is 5.33. The lowest BCUT2D eigenvalue weighted by molar-refractivity contribution is 0.111. The number of ether oxygens (including phenoxy) is 1. The molecule has 1 amide bonds. The van der Waals surface area contributed by atoms with E-state index in [1.807, 2.05) is 0 Å². The van der Waals surface area contributed by atoms with Crippen molar-refractivity contribution in [3.8, 4) is 0 Å². The van der Waals surface area contributed by atoms with E-state index in [1.165, 1.54) is 11.0 Å². The number of benzene rings is 1. The van der Waals surface area contributed by atoms with E-state index < -0.39 is 34.9 Å². The molecule has 0 saturated carbocycles. The largest absolute Gasteiger partial charge is 0.446 e. The summed E-state index contributed by atoms with van der Waals surface area (Å²) in [5.41, 5.74) is -1.02. The van der Waals surface area contributed by atoms with E-state index in [1.54, 1.807) is 7.05 Å². The van der Waals surface area contributed by atoms with E-state index in [2.05, 4.69) is 15.2 Å². The number of rotatable bonds is 3. The maximum Gasteiger partial charge on any atom is 0.416 e. The van der Waals surface area contributed by atoms with E-state index in [4.69, 9.17) is 9.26 Å². The zero-order valence-corrected chi connectivity index (χ0v) is 12.6. The van der Waals surface area contributed by atoms with Crippen LogP contribution in [0.3, 0.4) is 0 Å². The van der Waals surface area contributed by atoms with Gasteiger partial charge in [-0.15, -0.1) is 0 Å². The van der Waals surface area contributed by atoms with Gasteiger partial charge in [0.2, 0.25) is 11.4 Å². The molecule has 3 aromatic rings. The van der Waals surface area contributed by atoms with Gasteiger partial charge in [-0.3, -0.25) is 9.48 Å². The summed E-state index contributed by atoms with van der Waals surface area (Å²) < 4.78 is 39.1. The first-order chi connectivity index (χ1) is 12.0. The van der Waals surface area contributed by atoms with Crippen LogP contribution in [0.25, 0.3) is 11.0 Å². The number of aldehydes is 1. The number of carbonyl (C=O) groups excluding carboxylic acids is 2. The van der Waals surface area contributed by atoms with Crippen molar-refractivity contribution in [1.29, 1.82) is 0 Å². The Morgan fingerprint density at radius 2 is 2.16 bits per heavy atom. The van der Waals surface area contributed by atoms with Crippen LogP contribution in [0.1, 0.15) is 22.2 Å². The predicted molar refractivity (Wildman–Crippen MR) is 76.9 cm³/mol. The predicted octanol–water partition coefficient (Wildman–Crippen LogP) is 1.74. The summed E-state index contributed by atoms with van der Waals surface area (Å²) in [6.45, 7) is -0.0378. The number of amides is 1. The molecule has 2 aromatic heterocycles. The smallest absolute Gasteiger partial charge is 0.416 e. The van der Waals surface area contributed by atoms with Crippen LogP contribution in [-0.2, 0) is 11.8 Å². The Balaban J connectivity index is 1.91. The van der Waals surface area contributed by atoms with Gasteiger partial charge in [-0.05, 0) is 6.07 Å². The third kappa shape index (κ3) is 2.08. The highest BCUT2D eigenvalue weighted by atomic mass is 19.2. The normalized spacial score (nSPS) is 17.3. The highest BCUT2D eigenvalue weighted by molar-refractivity contribution is 6.01. The molecule has 128 valence electrons. The SMILES string of the molecule is Cn1ncnc1C1COC(=O)N1c1noc2c(F)c(F)c(C=O)cc12. The zero-order valence-electron chi connectivity index (χ0n) is 12.6. The number of aryl methyl sites for hydroxylation is 1. The van der Waals surface area contributed by atoms with Gasteiger partial charge in [0.1, 0.15) is 19.0 Å². The first-order valence-corrected chi connectivity index (χ1v) is 7.05. The Bertz CT molecular complexity index is 1010. The van der Waals surface area contributed by atoms with Crippen LogP contribution in [0.4, 0.5) is 19.4 Å². The summed E-state index contributed by atoms with van der Waals surface area (Å²) in [4.78, 5) is 28.3. The van der Waals surface area contributed by atoms with Crippen LogP contribution in [0, 0.1) is 11.6 Å². The lowest BCUT2D eigenvalue weighted by Crippen LogP contribution is -2.29. The van der Waals surface area contributed by atoms with Crippen molar-refractivity contribution in [2.45, 2.75) is 6.04 Å². The van der Waals surface area contributed by atoms with Crippen LogP contribution in [-0.4, -0.2) is 38.9 Å². The van der Waals surface area contributed by atoms with Crippen molar-refractivity contribution in [3.05, 3.63) is 35.4 Å². The fourth-order valence-electron chi connectivity index (χ4n) is 2.73. The summed E-state index contributed by atoms with van der Waals surface area (Å²) in [6.07, 6.45) is 0.703. The van der Waals surface area contributed by atoms with Crippen LogP contribution >= 0.6 is 0 Å². The monoisotopic (exact) mass is 349 g/mol. The summed E-state index contributed by atoms with van der Waals surface area (Å²) >= 11 is 0. The number of carbonyl (C=O) groups is 2. The molecular formula is C14H9F2N5O4. The second-order valence-corrected chi connectivity index (χ2v) is 5.30. The molecule has 4 rings (SSSR count). The maximum absolute atomic E-state index is 14.0. The van der Waals surface area contributed by atoms with Crippen molar-refractivity contribution in [2.75, 3.05) is 11.5 Å². The number of aromatic nitrogens is 4.